The van der Waals surface area contributed by atoms with Gasteiger partial charge in [-0.25, -0.2) is 8.42 Å². The number of halogens is 1. The summed E-state index contributed by atoms with van der Waals surface area (Å²) in [6, 6.07) is 1.12. The highest BCUT2D eigenvalue weighted by Crippen LogP contribution is 2.23. The quantitative estimate of drug-likeness (QED) is 0.805. The highest BCUT2D eigenvalue weighted by atomic mass is 35.7. The molecule has 1 aromatic rings. The second-order valence-corrected chi connectivity index (χ2v) is 6.77. The predicted octanol–water partition coefficient (Wildman–Crippen LogP) is 1.53. The summed E-state index contributed by atoms with van der Waals surface area (Å²) >= 11 is 0. The third kappa shape index (κ3) is 4.52. The maximum Gasteiger partial charge on any atom is 0.287 e. The van der Waals surface area contributed by atoms with E-state index in [-0.39, 0.29) is 22.3 Å². The van der Waals surface area contributed by atoms with E-state index in [4.69, 9.17) is 19.8 Å². The van der Waals surface area contributed by atoms with Crippen LogP contribution < -0.4 is 5.32 Å². The second kappa shape index (κ2) is 6.40. The van der Waals surface area contributed by atoms with Gasteiger partial charge in [0.25, 0.3) is 15.0 Å². The number of ether oxygens (including phenoxy) is 1. The van der Waals surface area contributed by atoms with Crippen LogP contribution in [-0.4, -0.2) is 34.6 Å². The minimum absolute atomic E-state index is 0.0821. The Labute approximate surface area is 116 Å². The molecule has 0 radical (unpaired) electrons. The first-order valence-electron chi connectivity index (χ1n) is 5.58. The Morgan fingerprint density at radius 3 is 2.68 bits per heavy atom. The third-order valence-electron chi connectivity index (χ3n) is 2.42. The van der Waals surface area contributed by atoms with E-state index in [2.05, 4.69) is 5.32 Å². The lowest BCUT2D eigenvalue weighted by Gasteiger charge is -2.10. The van der Waals surface area contributed by atoms with Crippen LogP contribution in [0.2, 0.25) is 0 Å². The summed E-state index contributed by atoms with van der Waals surface area (Å²) in [5.41, 5.74) is 0. The fraction of sp³-hybridized carbons (Fsp3) is 0.545. The van der Waals surface area contributed by atoms with Crippen LogP contribution in [0.25, 0.3) is 0 Å². The van der Waals surface area contributed by atoms with Crippen LogP contribution in [0.3, 0.4) is 0 Å². The molecule has 1 aromatic heterocycles. The van der Waals surface area contributed by atoms with Crippen LogP contribution in [0.1, 0.15) is 23.2 Å². The largest absolute Gasteiger partial charge is 0.455 e. The topological polar surface area (TPSA) is 85.6 Å². The molecule has 0 saturated heterocycles. The Bertz CT molecular complexity index is 551. The zero-order valence-electron chi connectivity index (χ0n) is 10.9. The smallest absolute Gasteiger partial charge is 0.287 e. The first-order valence-corrected chi connectivity index (χ1v) is 7.89. The summed E-state index contributed by atoms with van der Waals surface area (Å²) in [7, 11) is 2.88. The zero-order chi connectivity index (χ0) is 14.6. The van der Waals surface area contributed by atoms with Crippen molar-refractivity contribution in [1.82, 2.24) is 5.32 Å². The first-order chi connectivity index (χ1) is 8.75. The molecule has 1 heterocycles. The summed E-state index contributed by atoms with van der Waals surface area (Å²) in [4.78, 5) is 11.6. The van der Waals surface area contributed by atoms with Gasteiger partial charge in [0.1, 0.15) is 10.7 Å². The van der Waals surface area contributed by atoms with Crippen molar-refractivity contribution in [3.05, 3.63) is 17.6 Å². The highest BCUT2D eigenvalue weighted by molar-refractivity contribution is 8.13. The molecule has 0 aliphatic carbocycles. The summed E-state index contributed by atoms with van der Waals surface area (Å²) in [6.45, 7) is 4.25. The Balaban J connectivity index is 2.74. The molecule has 0 aromatic carbocycles. The number of amides is 1. The third-order valence-corrected chi connectivity index (χ3v) is 3.85. The van der Waals surface area contributed by atoms with Gasteiger partial charge in [-0.15, -0.1) is 0 Å². The van der Waals surface area contributed by atoms with Crippen LogP contribution in [0.5, 0.6) is 0 Å². The van der Waals surface area contributed by atoms with E-state index < -0.39 is 15.0 Å². The van der Waals surface area contributed by atoms with Gasteiger partial charge in [0.05, 0.1) is 6.61 Å². The zero-order valence-corrected chi connectivity index (χ0v) is 12.5. The molecule has 0 aliphatic rings. The minimum atomic E-state index is -3.91. The van der Waals surface area contributed by atoms with Gasteiger partial charge in [0.15, 0.2) is 5.76 Å². The number of nitrogens with one attached hydrogen (secondary N) is 1. The SMILES string of the molecule is COCC(C)CNC(=O)c1cc(S(=O)(=O)Cl)c(C)o1. The summed E-state index contributed by atoms with van der Waals surface area (Å²) in [6.07, 6.45) is 0. The lowest BCUT2D eigenvalue weighted by Crippen LogP contribution is -2.29. The van der Waals surface area contributed by atoms with E-state index in [0.29, 0.717) is 13.2 Å². The lowest BCUT2D eigenvalue weighted by atomic mass is 10.2. The van der Waals surface area contributed by atoms with E-state index >= 15 is 0 Å². The molecule has 1 atom stereocenters. The summed E-state index contributed by atoms with van der Waals surface area (Å²) in [5, 5.41) is 2.62. The molecule has 8 heteroatoms. The Morgan fingerprint density at radius 1 is 1.58 bits per heavy atom. The summed E-state index contributed by atoms with van der Waals surface area (Å²) in [5.74, 6) is -0.342. The van der Waals surface area contributed by atoms with Crippen molar-refractivity contribution in [1.29, 1.82) is 0 Å². The Kier molecular flexibility index (Phi) is 5.39. The lowest BCUT2D eigenvalue weighted by molar-refractivity contribution is 0.0905. The van der Waals surface area contributed by atoms with Crippen molar-refractivity contribution in [2.75, 3.05) is 20.3 Å². The number of methoxy groups -OCH3 is 1. The standard InChI is InChI=1S/C11H16ClNO5S/c1-7(6-17-3)5-13-11(14)9-4-10(8(2)18-9)19(12,15)16/h4,7H,5-6H2,1-3H3,(H,13,14). The average molecular weight is 310 g/mol. The van der Waals surface area contributed by atoms with Crippen molar-refractivity contribution >= 4 is 25.6 Å². The number of hydrogen-bond acceptors (Lipinski definition) is 5. The van der Waals surface area contributed by atoms with E-state index in [0.717, 1.165) is 6.07 Å². The first kappa shape index (κ1) is 16.0. The molecule has 1 N–H and O–H groups in total. The van der Waals surface area contributed by atoms with Gasteiger partial charge >= 0.3 is 0 Å². The molecule has 108 valence electrons. The molecule has 19 heavy (non-hydrogen) atoms. The number of hydrogen-bond donors (Lipinski definition) is 1. The summed E-state index contributed by atoms with van der Waals surface area (Å²) < 4.78 is 32.4. The van der Waals surface area contributed by atoms with E-state index in [9.17, 15) is 13.2 Å². The van der Waals surface area contributed by atoms with Crippen LogP contribution in [0.4, 0.5) is 0 Å². The predicted molar refractivity (Wildman–Crippen MR) is 69.9 cm³/mol. The highest BCUT2D eigenvalue weighted by Gasteiger charge is 2.22. The van der Waals surface area contributed by atoms with Crippen molar-refractivity contribution in [2.24, 2.45) is 5.92 Å². The van der Waals surface area contributed by atoms with Crippen LogP contribution in [-0.2, 0) is 13.8 Å². The van der Waals surface area contributed by atoms with Crippen molar-refractivity contribution in [2.45, 2.75) is 18.7 Å². The Hall–Kier alpha value is -1.05. The molecule has 1 unspecified atom stereocenters. The molecular weight excluding hydrogens is 294 g/mol. The van der Waals surface area contributed by atoms with Gasteiger partial charge in [0.2, 0.25) is 0 Å². The fourth-order valence-electron chi connectivity index (χ4n) is 1.52. The molecule has 1 amide bonds. The van der Waals surface area contributed by atoms with Crippen molar-refractivity contribution < 1.29 is 22.4 Å². The van der Waals surface area contributed by atoms with E-state index in [1.807, 2.05) is 6.92 Å². The van der Waals surface area contributed by atoms with Gasteiger partial charge in [-0.2, -0.15) is 0 Å². The molecule has 0 saturated carbocycles. The number of furan rings is 1. The van der Waals surface area contributed by atoms with Crippen molar-refractivity contribution in [3.8, 4) is 0 Å². The number of carbonyl (C=O) groups is 1. The van der Waals surface area contributed by atoms with Gasteiger partial charge in [-0.1, -0.05) is 6.92 Å². The maximum absolute atomic E-state index is 11.8. The maximum atomic E-state index is 11.8. The van der Waals surface area contributed by atoms with Gasteiger partial charge in [0, 0.05) is 30.4 Å². The molecule has 0 aliphatic heterocycles. The molecular formula is C11H16ClNO5S. The van der Waals surface area contributed by atoms with Crippen molar-refractivity contribution in [3.63, 3.8) is 0 Å². The minimum Gasteiger partial charge on any atom is -0.455 e. The monoisotopic (exact) mass is 309 g/mol. The molecule has 6 nitrogen and oxygen atoms in total. The number of carbonyl (C=O) groups excluding carboxylic acids is 1. The molecule has 0 fully saturated rings. The average Bonchev–Trinajstić information content (AvgIpc) is 2.68. The van der Waals surface area contributed by atoms with Crippen LogP contribution >= 0.6 is 10.7 Å². The normalized spacial score (nSPS) is 13.3. The molecule has 1 rings (SSSR count). The number of aryl methyl sites for hydroxylation is 1. The van der Waals surface area contributed by atoms with E-state index in [1.165, 1.54) is 6.92 Å². The van der Waals surface area contributed by atoms with Crippen LogP contribution in [0, 0.1) is 12.8 Å². The van der Waals surface area contributed by atoms with Crippen LogP contribution in [0.15, 0.2) is 15.4 Å². The second-order valence-electron chi connectivity index (χ2n) is 4.24. The molecule has 0 bridgehead atoms. The van der Waals surface area contributed by atoms with E-state index in [1.54, 1.807) is 7.11 Å². The van der Waals surface area contributed by atoms with Gasteiger partial charge < -0.3 is 14.5 Å². The Morgan fingerprint density at radius 2 is 2.21 bits per heavy atom. The van der Waals surface area contributed by atoms with Gasteiger partial charge in [-0.05, 0) is 12.8 Å². The number of rotatable bonds is 6. The van der Waals surface area contributed by atoms with Gasteiger partial charge in [-0.3, -0.25) is 4.79 Å². The molecule has 0 spiro atoms. The fourth-order valence-corrected chi connectivity index (χ4v) is 2.61.